The molecular formula is C27H35N3O3S. The molecule has 0 aromatic heterocycles. The summed E-state index contributed by atoms with van der Waals surface area (Å²) in [5.41, 5.74) is 2.49. The van der Waals surface area contributed by atoms with Gasteiger partial charge in [0, 0.05) is 51.4 Å². The number of aryl methyl sites for hydroxylation is 1. The second-order valence-corrected chi connectivity index (χ2v) is 11.1. The first-order valence-corrected chi connectivity index (χ1v) is 13.7. The minimum absolute atomic E-state index is 0.0788. The van der Waals surface area contributed by atoms with Gasteiger partial charge in [-0.15, -0.1) is 0 Å². The molecule has 4 rings (SSSR count). The number of benzene rings is 2. The maximum absolute atomic E-state index is 13.3. The van der Waals surface area contributed by atoms with E-state index in [2.05, 4.69) is 29.2 Å². The molecule has 0 aliphatic carbocycles. The van der Waals surface area contributed by atoms with Crippen molar-refractivity contribution >= 4 is 22.0 Å². The molecule has 2 fully saturated rings. The number of carbonyl (C=O) groups excluding carboxylic acids is 1. The largest absolute Gasteiger partial charge is 0.336 e. The zero-order valence-corrected chi connectivity index (χ0v) is 20.8. The van der Waals surface area contributed by atoms with E-state index in [0.29, 0.717) is 31.7 Å². The fourth-order valence-electron chi connectivity index (χ4n) is 4.63. The molecule has 0 N–H and O–H groups in total. The van der Waals surface area contributed by atoms with Crippen molar-refractivity contribution < 1.29 is 13.2 Å². The molecule has 182 valence electrons. The third kappa shape index (κ3) is 5.95. The number of rotatable bonds is 6. The molecule has 2 saturated heterocycles. The minimum Gasteiger partial charge on any atom is -0.336 e. The predicted octanol–water partition coefficient (Wildman–Crippen LogP) is 4.03. The summed E-state index contributed by atoms with van der Waals surface area (Å²) in [6.45, 7) is 6.71. The summed E-state index contributed by atoms with van der Waals surface area (Å²) in [5, 5.41) is 0. The summed E-state index contributed by atoms with van der Waals surface area (Å²) < 4.78 is 28.1. The van der Waals surface area contributed by atoms with E-state index >= 15 is 0 Å². The van der Waals surface area contributed by atoms with Crippen molar-refractivity contribution in [2.75, 3.05) is 45.8 Å². The van der Waals surface area contributed by atoms with E-state index in [1.807, 2.05) is 30.0 Å². The van der Waals surface area contributed by atoms with Gasteiger partial charge in [0.25, 0.3) is 5.91 Å². The lowest BCUT2D eigenvalue weighted by atomic mass is 10.1. The number of hydrogen-bond donors (Lipinski definition) is 0. The van der Waals surface area contributed by atoms with Gasteiger partial charge in [0.15, 0.2) is 0 Å². The molecule has 0 radical (unpaired) electrons. The molecule has 34 heavy (non-hydrogen) atoms. The van der Waals surface area contributed by atoms with E-state index in [9.17, 15) is 13.2 Å². The Morgan fingerprint density at radius 1 is 0.882 bits per heavy atom. The number of hydrogen-bond acceptors (Lipinski definition) is 4. The van der Waals surface area contributed by atoms with Crippen LogP contribution in [0.25, 0.3) is 6.08 Å². The Morgan fingerprint density at radius 2 is 1.56 bits per heavy atom. The van der Waals surface area contributed by atoms with Gasteiger partial charge in [-0.3, -0.25) is 9.69 Å². The van der Waals surface area contributed by atoms with Gasteiger partial charge < -0.3 is 4.90 Å². The monoisotopic (exact) mass is 481 g/mol. The summed E-state index contributed by atoms with van der Waals surface area (Å²) in [4.78, 5) is 17.7. The third-order valence-corrected chi connectivity index (χ3v) is 8.67. The lowest BCUT2D eigenvalue weighted by Crippen LogP contribution is -2.48. The minimum atomic E-state index is -3.58. The molecular weight excluding hydrogens is 446 g/mol. The maximum atomic E-state index is 13.3. The average Bonchev–Trinajstić information content (AvgIpc) is 3.15. The van der Waals surface area contributed by atoms with Crippen LogP contribution in [-0.4, -0.2) is 74.2 Å². The van der Waals surface area contributed by atoms with Crippen LogP contribution in [0, 0.1) is 6.92 Å². The first-order chi connectivity index (χ1) is 16.4. The van der Waals surface area contributed by atoms with Gasteiger partial charge in [0.2, 0.25) is 10.0 Å². The van der Waals surface area contributed by atoms with Crippen LogP contribution < -0.4 is 0 Å². The third-order valence-electron chi connectivity index (χ3n) is 6.78. The highest BCUT2D eigenvalue weighted by molar-refractivity contribution is 7.89. The Hall–Kier alpha value is -2.48. The van der Waals surface area contributed by atoms with E-state index in [0.717, 1.165) is 50.9 Å². The Bertz CT molecular complexity index is 1100. The average molecular weight is 482 g/mol. The van der Waals surface area contributed by atoms with E-state index < -0.39 is 10.0 Å². The number of carbonyl (C=O) groups is 1. The fourth-order valence-corrected chi connectivity index (χ4v) is 6.17. The van der Waals surface area contributed by atoms with Crippen molar-refractivity contribution in [1.29, 1.82) is 0 Å². The predicted molar refractivity (Wildman–Crippen MR) is 136 cm³/mol. The second kappa shape index (κ2) is 11.3. The highest BCUT2D eigenvalue weighted by atomic mass is 32.2. The molecule has 2 aliphatic rings. The summed E-state index contributed by atoms with van der Waals surface area (Å²) in [5.74, 6) is -0.0788. The van der Waals surface area contributed by atoms with Crippen LogP contribution >= 0.6 is 0 Å². The molecule has 7 heteroatoms. The van der Waals surface area contributed by atoms with Crippen LogP contribution in [0.2, 0.25) is 0 Å². The number of piperazine rings is 1. The van der Waals surface area contributed by atoms with Crippen LogP contribution in [0.1, 0.15) is 47.2 Å². The standard InChI is InChI=1S/C27H35N3O3S/c1-23-13-14-25(34(32,33)30-16-7-2-3-8-17-30)22-26(23)27(31)29-20-18-28(19-21-29)15-9-12-24-10-5-4-6-11-24/h4-6,9-14,22H,2-3,7-8,15-21H2,1H3/b12-9+. The molecule has 0 bridgehead atoms. The molecule has 0 spiro atoms. The van der Waals surface area contributed by atoms with Crippen molar-refractivity contribution in [2.24, 2.45) is 0 Å². The van der Waals surface area contributed by atoms with Gasteiger partial charge in [-0.1, -0.05) is 61.4 Å². The van der Waals surface area contributed by atoms with Gasteiger partial charge in [0.05, 0.1) is 4.90 Å². The van der Waals surface area contributed by atoms with E-state index in [-0.39, 0.29) is 10.8 Å². The van der Waals surface area contributed by atoms with Gasteiger partial charge in [-0.05, 0) is 43.0 Å². The van der Waals surface area contributed by atoms with Crippen LogP contribution in [0.3, 0.4) is 0 Å². The quantitative estimate of drug-likeness (QED) is 0.625. The van der Waals surface area contributed by atoms with Gasteiger partial charge in [0.1, 0.15) is 0 Å². The van der Waals surface area contributed by atoms with Crippen LogP contribution in [0.5, 0.6) is 0 Å². The maximum Gasteiger partial charge on any atom is 0.254 e. The first kappa shape index (κ1) is 24.6. The summed E-state index contributed by atoms with van der Waals surface area (Å²) >= 11 is 0. The molecule has 6 nitrogen and oxygen atoms in total. The second-order valence-electron chi connectivity index (χ2n) is 9.20. The zero-order valence-electron chi connectivity index (χ0n) is 20.0. The Balaban J connectivity index is 1.39. The Morgan fingerprint density at radius 3 is 2.24 bits per heavy atom. The smallest absolute Gasteiger partial charge is 0.254 e. The molecule has 0 saturated carbocycles. The van der Waals surface area contributed by atoms with Crippen LogP contribution in [-0.2, 0) is 10.0 Å². The molecule has 0 atom stereocenters. The fraction of sp³-hybridized carbons (Fsp3) is 0.444. The SMILES string of the molecule is Cc1ccc(S(=O)(=O)N2CCCCCC2)cc1C(=O)N1CCN(C/C=C/c2ccccc2)CC1. The van der Waals surface area contributed by atoms with Crippen molar-refractivity contribution in [3.8, 4) is 0 Å². The first-order valence-electron chi connectivity index (χ1n) is 12.3. The van der Waals surface area contributed by atoms with Gasteiger partial charge in [-0.25, -0.2) is 8.42 Å². The lowest BCUT2D eigenvalue weighted by molar-refractivity contribution is 0.0649. The van der Waals surface area contributed by atoms with Crippen molar-refractivity contribution in [3.05, 3.63) is 71.3 Å². The molecule has 2 aliphatic heterocycles. The van der Waals surface area contributed by atoms with Gasteiger partial charge in [-0.2, -0.15) is 4.31 Å². The van der Waals surface area contributed by atoms with Crippen molar-refractivity contribution in [3.63, 3.8) is 0 Å². The Labute approximate surface area is 203 Å². The highest BCUT2D eigenvalue weighted by Crippen LogP contribution is 2.24. The van der Waals surface area contributed by atoms with Crippen molar-refractivity contribution in [1.82, 2.24) is 14.1 Å². The summed E-state index contributed by atoms with van der Waals surface area (Å²) in [6.07, 6.45) is 8.20. The van der Waals surface area contributed by atoms with E-state index in [4.69, 9.17) is 0 Å². The molecule has 2 aromatic carbocycles. The van der Waals surface area contributed by atoms with Gasteiger partial charge >= 0.3 is 0 Å². The number of amides is 1. The van der Waals surface area contributed by atoms with Crippen molar-refractivity contribution in [2.45, 2.75) is 37.5 Å². The van der Waals surface area contributed by atoms with E-state index in [1.165, 1.54) is 5.56 Å². The normalized spacial score (nSPS) is 18.8. The zero-order chi connectivity index (χ0) is 24.0. The van der Waals surface area contributed by atoms with Crippen LogP contribution in [0.4, 0.5) is 0 Å². The lowest BCUT2D eigenvalue weighted by Gasteiger charge is -2.34. The Kier molecular flexibility index (Phi) is 8.19. The molecule has 0 unspecified atom stereocenters. The van der Waals surface area contributed by atoms with E-state index in [1.54, 1.807) is 22.5 Å². The number of nitrogens with zero attached hydrogens (tertiary/aromatic N) is 3. The summed E-state index contributed by atoms with van der Waals surface area (Å²) in [7, 11) is -3.58. The number of sulfonamides is 1. The highest BCUT2D eigenvalue weighted by Gasteiger charge is 2.28. The molecule has 2 aromatic rings. The summed E-state index contributed by atoms with van der Waals surface area (Å²) in [6, 6.07) is 15.2. The van der Waals surface area contributed by atoms with Crippen LogP contribution in [0.15, 0.2) is 59.5 Å². The topological polar surface area (TPSA) is 60.9 Å². The molecule has 2 heterocycles. The molecule has 1 amide bonds.